The van der Waals surface area contributed by atoms with Gasteiger partial charge in [0.25, 0.3) is 0 Å². The second-order valence-electron chi connectivity index (χ2n) is 8.68. The summed E-state index contributed by atoms with van der Waals surface area (Å²) in [5.41, 5.74) is 4.53. The third kappa shape index (κ3) is 4.23. The standard InChI is InChI=1S/C25H30N3O3P/c1-17-13-26-20-7-3-9-22(24(17)20)30-15-32(29)16-31-23-10-4-8-21-25(23)18(14-27-21)12-19-6-5-11-28(19)2/h3-4,7-10,13-14,19,26-27,29H,5-6,11-12,15-16H2,1-2H3. The molecule has 4 aromatic rings. The molecule has 1 saturated heterocycles. The Labute approximate surface area is 189 Å². The Balaban J connectivity index is 1.25. The third-order valence-corrected chi connectivity index (χ3v) is 7.33. The van der Waals surface area contributed by atoms with E-state index < -0.39 is 8.15 Å². The van der Waals surface area contributed by atoms with Crippen molar-refractivity contribution in [1.29, 1.82) is 0 Å². The molecule has 2 aromatic carbocycles. The zero-order valence-corrected chi connectivity index (χ0v) is 19.5. The third-order valence-electron chi connectivity index (χ3n) is 6.48. The molecule has 2 unspecified atom stereocenters. The maximum absolute atomic E-state index is 10.6. The van der Waals surface area contributed by atoms with Crippen LogP contribution in [0, 0.1) is 6.92 Å². The molecule has 2 atom stereocenters. The lowest BCUT2D eigenvalue weighted by Gasteiger charge is -2.19. The van der Waals surface area contributed by atoms with Gasteiger partial charge in [0, 0.05) is 40.2 Å². The Morgan fingerprint density at radius 1 is 1.00 bits per heavy atom. The van der Waals surface area contributed by atoms with Gasteiger partial charge >= 0.3 is 0 Å². The Bertz CT molecular complexity index is 1220. The van der Waals surface area contributed by atoms with Crippen LogP contribution in [0.1, 0.15) is 24.0 Å². The van der Waals surface area contributed by atoms with Gasteiger partial charge in [0.2, 0.25) is 0 Å². The first kappa shape index (κ1) is 21.3. The van der Waals surface area contributed by atoms with E-state index in [1.165, 1.54) is 24.9 Å². The number of aromatic amines is 2. The molecule has 1 aliphatic rings. The highest BCUT2D eigenvalue weighted by Crippen LogP contribution is 2.37. The minimum atomic E-state index is -1.42. The zero-order valence-electron chi connectivity index (χ0n) is 18.6. The lowest BCUT2D eigenvalue weighted by molar-refractivity contribution is 0.309. The minimum absolute atomic E-state index is 0.238. The first-order chi connectivity index (χ1) is 15.6. The van der Waals surface area contributed by atoms with Gasteiger partial charge in [0.1, 0.15) is 32.3 Å². The highest BCUT2D eigenvalue weighted by molar-refractivity contribution is 7.51. The number of H-pyrrole nitrogens is 2. The molecule has 1 fully saturated rings. The van der Waals surface area contributed by atoms with Crippen LogP contribution in [0.5, 0.6) is 11.5 Å². The fourth-order valence-electron chi connectivity index (χ4n) is 4.75. The van der Waals surface area contributed by atoms with Crippen LogP contribution >= 0.6 is 8.15 Å². The van der Waals surface area contributed by atoms with E-state index in [9.17, 15) is 4.89 Å². The normalized spacial score (nSPS) is 17.9. The number of nitrogens with one attached hydrogen (secondary N) is 2. The molecule has 0 saturated carbocycles. The van der Waals surface area contributed by atoms with Crippen LogP contribution < -0.4 is 9.47 Å². The number of benzene rings is 2. The number of nitrogens with zero attached hydrogens (tertiary/aromatic N) is 1. The average molecular weight is 452 g/mol. The van der Waals surface area contributed by atoms with Crippen LogP contribution in [0.15, 0.2) is 48.8 Å². The van der Waals surface area contributed by atoms with E-state index in [4.69, 9.17) is 9.47 Å². The van der Waals surface area contributed by atoms with Gasteiger partial charge in [0.15, 0.2) is 0 Å². The number of likely N-dealkylation sites (N-methyl/N-ethyl adjacent to an activating group) is 1. The monoisotopic (exact) mass is 451 g/mol. The molecular formula is C25H30N3O3P. The van der Waals surface area contributed by atoms with Gasteiger partial charge in [-0.15, -0.1) is 0 Å². The van der Waals surface area contributed by atoms with Crippen LogP contribution in [0.25, 0.3) is 21.8 Å². The molecule has 32 heavy (non-hydrogen) atoms. The predicted octanol–water partition coefficient (Wildman–Crippen LogP) is 5.36. The number of hydrogen-bond acceptors (Lipinski definition) is 4. The van der Waals surface area contributed by atoms with Gasteiger partial charge in [0.05, 0.1) is 0 Å². The van der Waals surface area contributed by atoms with Crippen molar-refractivity contribution < 1.29 is 14.4 Å². The number of hydrogen-bond donors (Lipinski definition) is 3. The van der Waals surface area contributed by atoms with E-state index >= 15 is 0 Å². The van der Waals surface area contributed by atoms with Crippen molar-refractivity contribution in [2.24, 2.45) is 0 Å². The second-order valence-corrected chi connectivity index (χ2v) is 10.2. The summed E-state index contributed by atoms with van der Waals surface area (Å²) in [6, 6.07) is 12.6. The molecule has 7 heteroatoms. The number of aryl methyl sites for hydroxylation is 1. The van der Waals surface area contributed by atoms with E-state index in [1.54, 1.807) is 0 Å². The molecule has 0 bridgehead atoms. The molecule has 0 radical (unpaired) electrons. The van der Waals surface area contributed by atoms with Gasteiger partial charge < -0.3 is 29.2 Å². The fourth-order valence-corrected chi connectivity index (χ4v) is 5.40. The Morgan fingerprint density at radius 2 is 1.66 bits per heavy atom. The molecule has 6 nitrogen and oxygen atoms in total. The quantitative estimate of drug-likeness (QED) is 0.316. The van der Waals surface area contributed by atoms with E-state index in [-0.39, 0.29) is 12.7 Å². The van der Waals surface area contributed by atoms with Crippen molar-refractivity contribution in [3.8, 4) is 11.5 Å². The van der Waals surface area contributed by atoms with Gasteiger partial charge in [-0.1, -0.05) is 12.1 Å². The molecule has 0 spiro atoms. The van der Waals surface area contributed by atoms with Gasteiger partial charge in [-0.2, -0.15) is 0 Å². The number of ether oxygens (including phenoxy) is 2. The molecule has 3 heterocycles. The summed E-state index contributed by atoms with van der Waals surface area (Å²) in [5.74, 6) is 1.61. The lowest BCUT2D eigenvalue weighted by atomic mass is 10.0. The van der Waals surface area contributed by atoms with Crippen molar-refractivity contribution in [1.82, 2.24) is 14.9 Å². The van der Waals surface area contributed by atoms with Crippen LogP contribution in [0.2, 0.25) is 0 Å². The summed E-state index contributed by atoms with van der Waals surface area (Å²) in [7, 11) is 0.785. The largest absolute Gasteiger partial charge is 0.486 e. The van der Waals surface area contributed by atoms with E-state index in [0.717, 1.165) is 45.3 Å². The zero-order chi connectivity index (χ0) is 22.1. The second kappa shape index (κ2) is 9.14. The van der Waals surface area contributed by atoms with Crippen LogP contribution in [0.4, 0.5) is 0 Å². The fraction of sp³-hybridized carbons (Fsp3) is 0.360. The molecule has 1 aliphatic heterocycles. The highest BCUT2D eigenvalue weighted by Gasteiger charge is 2.23. The van der Waals surface area contributed by atoms with Crippen LogP contribution in [-0.4, -0.2) is 52.1 Å². The summed E-state index contributed by atoms with van der Waals surface area (Å²) in [5, 5.41) is 2.19. The average Bonchev–Trinajstić information content (AvgIpc) is 3.51. The van der Waals surface area contributed by atoms with Gasteiger partial charge in [-0.05, 0) is 75.2 Å². The minimum Gasteiger partial charge on any atom is -0.486 e. The molecule has 0 aliphatic carbocycles. The molecule has 168 valence electrons. The summed E-state index contributed by atoms with van der Waals surface area (Å²) in [6.45, 7) is 3.22. The summed E-state index contributed by atoms with van der Waals surface area (Å²) < 4.78 is 12.1. The smallest absolute Gasteiger partial charge is 0.135 e. The molecule has 0 amide bonds. The van der Waals surface area contributed by atoms with E-state index in [2.05, 4.69) is 41.1 Å². The number of fused-ring (bicyclic) bond motifs is 2. The summed E-state index contributed by atoms with van der Waals surface area (Å²) >= 11 is 0. The molecule has 2 aromatic heterocycles. The van der Waals surface area contributed by atoms with E-state index in [0.29, 0.717) is 6.04 Å². The van der Waals surface area contributed by atoms with Gasteiger partial charge in [-0.25, -0.2) is 0 Å². The molecule has 3 N–H and O–H groups in total. The number of aromatic nitrogens is 2. The Hall–Kier alpha value is -2.53. The van der Waals surface area contributed by atoms with Crippen molar-refractivity contribution >= 4 is 30.0 Å². The van der Waals surface area contributed by atoms with Crippen molar-refractivity contribution in [3.05, 3.63) is 59.9 Å². The Kier molecular flexibility index (Phi) is 6.09. The summed E-state index contributed by atoms with van der Waals surface area (Å²) in [4.78, 5) is 19.7. The number of rotatable bonds is 8. The maximum atomic E-state index is 10.6. The topological polar surface area (TPSA) is 73.5 Å². The van der Waals surface area contributed by atoms with Crippen molar-refractivity contribution in [2.45, 2.75) is 32.2 Å². The highest BCUT2D eigenvalue weighted by atomic mass is 31.1. The van der Waals surface area contributed by atoms with Gasteiger partial charge in [-0.3, -0.25) is 0 Å². The predicted molar refractivity (Wildman–Crippen MR) is 131 cm³/mol. The lowest BCUT2D eigenvalue weighted by Crippen LogP contribution is -2.26. The number of likely N-dealkylation sites (tertiary alicyclic amines) is 1. The SMILES string of the molecule is Cc1c[nH]c2cccc(OCP(O)COc3cccc4[nH]cc(CC5CCCN5C)c34)c12. The first-order valence-corrected chi connectivity index (χ1v) is 12.8. The van der Waals surface area contributed by atoms with Crippen molar-refractivity contribution in [3.63, 3.8) is 0 Å². The van der Waals surface area contributed by atoms with Crippen LogP contribution in [0.3, 0.4) is 0 Å². The molecule has 5 rings (SSSR count). The first-order valence-electron chi connectivity index (χ1n) is 11.2. The Morgan fingerprint density at radius 3 is 2.34 bits per heavy atom. The van der Waals surface area contributed by atoms with E-state index in [1.807, 2.05) is 36.5 Å². The van der Waals surface area contributed by atoms with Crippen molar-refractivity contribution in [2.75, 3.05) is 26.3 Å². The molecular weight excluding hydrogens is 421 g/mol. The summed E-state index contributed by atoms with van der Waals surface area (Å²) in [6.07, 6.45) is 8.06. The maximum Gasteiger partial charge on any atom is 0.135 e. The van der Waals surface area contributed by atoms with Crippen LogP contribution in [-0.2, 0) is 6.42 Å².